The van der Waals surface area contributed by atoms with E-state index in [9.17, 15) is 4.79 Å². The Morgan fingerprint density at radius 2 is 1.89 bits per heavy atom. The van der Waals surface area contributed by atoms with E-state index in [1.54, 1.807) is 18.2 Å². The molecule has 2 rings (SSSR count). The van der Waals surface area contributed by atoms with E-state index in [-0.39, 0.29) is 0 Å². The zero-order valence-corrected chi connectivity index (χ0v) is 11.2. The van der Waals surface area contributed by atoms with Crippen LogP contribution in [0.25, 0.3) is 0 Å². The molecule has 19 heavy (non-hydrogen) atoms. The van der Waals surface area contributed by atoms with Crippen LogP contribution in [0.5, 0.6) is 5.75 Å². The molecule has 98 valence electrons. The van der Waals surface area contributed by atoms with Crippen LogP contribution in [0.2, 0.25) is 5.02 Å². The van der Waals surface area contributed by atoms with Crippen LogP contribution >= 0.6 is 11.6 Å². The van der Waals surface area contributed by atoms with Gasteiger partial charge >= 0.3 is 5.97 Å². The number of hydrogen-bond donors (Lipinski definition) is 0. The van der Waals surface area contributed by atoms with Crippen molar-refractivity contribution in [1.82, 2.24) is 0 Å². The molecule has 0 atom stereocenters. The predicted octanol–water partition coefficient (Wildman–Crippen LogP) is 3.71. The number of rotatable bonds is 4. The summed E-state index contributed by atoms with van der Waals surface area (Å²) < 4.78 is 10.3. The summed E-state index contributed by atoms with van der Waals surface area (Å²) in [5.74, 6) is 0.0506. The molecule has 0 amide bonds. The molecule has 3 nitrogen and oxygen atoms in total. The Morgan fingerprint density at radius 3 is 2.58 bits per heavy atom. The average Bonchev–Trinajstić information content (AvgIpc) is 2.46. The van der Waals surface area contributed by atoms with Crippen molar-refractivity contribution in [2.75, 3.05) is 7.11 Å². The fraction of sp³-hybridized carbons (Fsp3) is 0.133. The normalized spacial score (nSPS) is 10.0. The molecule has 0 saturated heterocycles. The Bertz CT molecular complexity index is 567. The number of halogens is 1. The Kier molecular flexibility index (Phi) is 4.42. The Hall–Kier alpha value is -2.00. The minimum atomic E-state index is -0.416. The number of esters is 1. The maximum absolute atomic E-state index is 11.4. The van der Waals surface area contributed by atoms with Gasteiger partial charge in [0.2, 0.25) is 0 Å². The summed E-state index contributed by atoms with van der Waals surface area (Å²) in [6.45, 7) is 0.394. The second-order valence-electron chi connectivity index (χ2n) is 3.91. The molecular weight excluding hydrogens is 264 g/mol. The lowest BCUT2D eigenvalue weighted by Crippen LogP contribution is -2.02. The summed E-state index contributed by atoms with van der Waals surface area (Å²) in [5, 5.41) is 0.462. The third-order valence-corrected chi connectivity index (χ3v) is 2.90. The number of carbonyl (C=O) groups is 1. The van der Waals surface area contributed by atoms with Crippen LogP contribution in [-0.4, -0.2) is 13.1 Å². The van der Waals surface area contributed by atoms with E-state index < -0.39 is 5.97 Å². The third kappa shape index (κ3) is 3.48. The number of benzene rings is 2. The molecule has 0 aliphatic rings. The van der Waals surface area contributed by atoms with Crippen LogP contribution in [0.4, 0.5) is 0 Å². The molecule has 0 bridgehead atoms. The van der Waals surface area contributed by atoms with E-state index in [2.05, 4.69) is 4.74 Å². The highest BCUT2D eigenvalue weighted by atomic mass is 35.5. The minimum absolute atomic E-state index is 0.394. The van der Waals surface area contributed by atoms with E-state index >= 15 is 0 Å². The maximum Gasteiger partial charge on any atom is 0.337 e. The van der Waals surface area contributed by atoms with Crippen LogP contribution < -0.4 is 4.74 Å². The molecule has 4 heteroatoms. The van der Waals surface area contributed by atoms with Crippen molar-refractivity contribution in [2.24, 2.45) is 0 Å². The average molecular weight is 277 g/mol. The number of carbonyl (C=O) groups excluding carboxylic acids is 1. The highest BCUT2D eigenvalue weighted by molar-refractivity contribution is 6.32. The van der Waals surface area contributed by atoms with Gasteiger partial charge in [-0.25, -0.2) is 4.79 Å². The number of hydrogen-bond acceptors (Lipinski definition) is 3. The fourth-order valence-corrected chi connectivity index (χ4v) is 1.77. The van der Waals surface area contributed by atoms with Gasteiger partial charge in [-0.2, -0.15) is 0 Å². The summed E-state index contributed by atoms with van der Waals surface area (Å²) in [4.78, 5) is 11.4. The second kappa shape index (κ2) is 6.25. The van der Waals surface area contributed by atoms with Crippen molar-refractivity contribution in [2.45, 2.75) is 6.61 Å². The molecule has 0 unspecified atom stereocenters. The van der Waals surface area contributed by atoms with E-state index in [1.165, 1.54) is 7.11 Å². The minimum Gasteiger partial charge on any atom is -0.487 e. The summed E-state index contributed by atoms with van der Waals surface area (Å²) in [6.07, 6.45) is 0. The Morgan fingerprint density at radius 1 is 1.16 bits per heavy atom. The molecule has 0 aliphatic heterocycles. The molecule has 0 spiro atoms. The first-order valence-corrected chi connectivity index (χ1v) is 6.13. The molecule has 0 fully saturated rings. The molecule has 0 radical (unpaired) electrons. The van der Waals surface area contributed by atoms with Gasteiger partial charge in [0.05, 0.1) is 17.7 Å². The van der Waals surface area contributed by atoms with Crippen molar-refractivity contribution < 1.29 is 14.3 Å². The van der Waals surface area contributed by atoms with Gasteiger partial charge in [0.1, 0.15) is 12.4 Å². The SMILES string of the molecule is COC(=O)c1ccc(Cl)c(OCc2ccccc2)c1. The van der Waals surface area contributed by atoms with E-state index in [4.69, 9.17) is 16.3 Å². The van der Waals surface area contributed by atoms with Gasteiger partial charge in [-0.3, -0.25) is 0 Å². The van der Waals surface area contributed by atoms with Gasteiger partial charge in [-0.05, 0) is 23.8 Å². The van der Waals surface area contributed by atoms with Gasteiger partial charge in [-0.15, -0.1) is 0 Å². The van der Waals surface area contributed by atoms with Crippen LogP contribution in [0.15, 0.2) is 48.5 Å². The maximum atomic E-state index is 11.4. The largest absolute Gasteiger partial charge is 0.487 e. The highest BCUT2D eigenvalue weighted by Crippen LogP contribution is 2.26. The molecule has 0 N–H and O–H groups in total. The summed E-state index contributed by atoms with van der Waals surface area (Å²) in [5.41, 5.74) is 1.44. The monoisotopic (exact) mass is 276 g/mol. The summed E-state index contributed by atoms with van der Waals surface area (Å²) >= 11 is 6.03. The number of ether oxygens (including phenoxy) is 2. The lowest BCUT2D eigenvalue weighted by atomic mass is 10.2. The zero-order valence-electron chi connectivity index (χ0n) is 10.4. The van der Waals surface area contributed by atoms with Crippen molar-refractivity contribution in [1.29, 1.82) is 0 Å². The number of methoxy groups -OCH3 is 1. The van der Waals surface area contributed by atoms with Crippen LogP contribution in [0.3, 0.4) is 0 Å². The molecule has 2 aromatic rings. The van der Waals surface area contributed by atoms with E-state index in [0.717, 1.165) is 5.56 Å². The van der Waals surface area contributed by atoms with Crippen molar-refractivity contribution >= 4 is 17.6 Å². The molecule has 0 heterocycles. The highest BCUT2D eigenvalue weighted by Gasteiger charge is 2.09. The van der Waals surface area contributed by atoms with Crippen molar-refractivity contribution in [3.8, 4) is 5.75 Å². The molecular formula is C15H13ClO3. The van der Waals surface area contributed by atoms with Gasteiger partial charge in [0.15, 0.2) is 0 Å². The van der Waals surface area contributed by atoms with Crippen LogP contribution in [-0.2, 0) is 11.3 Å². The topological polar surface area (TPSA) is 35.5 Å². The summed E-state index contributed by atoms with van der Waals surface area (Å²) in [7, 11) is 1.33. The molecule has 0 aliphatic carbocycles. The summed E-state index contributed by atoms with van der Waals surface area (Å²) in [6, 6.07) is 14.5. The standard InChI is InChI=1S/C15H13ClO3/c1-18-15(17)12-7-8-13(16)14(9-12)19-10-11-5-3-2-4-6-11/h2-9H,10H2,1H3. The van der Waals surface area contributed by atoms with Crippen molar-refractivity contribution in [3.63, 3.8) is 0 Å². The zero-order chi connectivity index (χ0) is 13.7. The Labute approximate surface area is 116 Å². The predicted molar refractivity (Wildman–Crippen MR) is 73.6 cm³/mol. The van der Waals surface area contributed by atoms with Crippen LogP contribution in [0, 0.1) is 0 Å². The van der Waals surface area contributed by atoms with E-state index in [0.29, 0.717) is 22.9 Å². The molecule has 2 aromatic carbocycles. The molecule has 0 saturated carbocycles. The Balaban J connectivity index is 2.13. The van der Waals surface area contributed by atoms with Crippen LogP contribution in [0.1, 0.15) is 15.9 Å². The smallest absolute Gasteiger partial charge is 0.337 e. The lowest BCUT2D eigenvalue weighted by Gasteiger charge is -2.09. The van der Waals surface area contributed by atoms with Gasteiger partial charge < -0.3 is 9.47 Å². The second-order valence-corrected chi connectivity index (χ2v) is 4.32. The first-order valence-electron chi connectivity index (χ1n) is 5.75. The van der Waals surface area contributed by atoms with Gasteiger partial charge in [0.25, 0.3) is 0 Å². The van der Waals surface area contributed by atoms with Crippen molar-refractivity contribution in [3.05, 3.63) is 64.7 Å². The third-order valence-electron chi connectivity index (χ3n) is 2.59. The fourth-order valence-electron chi connectivity index (χ4n) is 1.59. The van der Waals surface area contributed by atoms with Gasteiger partial charge in [0, 0.05) is 0 Å². The first kappa shape index (κ1) is 13.4. The first-order chi connectivity index (χ1) is 9.20. The lowest BCUT2D eigenvalue weighted by molar-refractivity contribution is 0.0600. The quantitative estimate of drug-likeness (QED) is 0.799. The van der Waals surface area contributed by atoms with Gasteiger partial charge in [-0.1, -0.05) is 41.9 Å². The molecule has 0 aromatic heterocycles. The van der Waals surface area contributed by atoms with E-state index in [1.807, 2.05) is 30.3 Å².